The number of aromatic amines is 1. The molecule has 0 spiro atoms. The highest BCUT2D eigenvalue weighted by molar-refractivity contribution is 6.31. The van der Waals surface area contributed by atoms with Gasteiger partial charge in [0.25, 0.3) is 0 Å². The lowest BCUT2D eigenvalue weighted by molar-refractivity contribution is 0.273. The first-order valence-electron chi connectivity index (χ1n) is 3.83. The number of fused-ring (bicyclic) bond motifs is 1. The molecule has 0 aliphatic rings. The monoisotopic (exact) mass is 197 g/mol. The molecular weight excluding hydrogens is 190 g/mol. The molecule has 2 rings (SSSR count). The van der Waals surface area contributed by atoms with Crippen molar-refractivity contribution in [1.82, 2.24) is 15.0 Å². The summed E-state index contributed by atoms with van der Waals surface area (Å²) in [4.78, 5) is 11.0. The van der Waals surface area contributed by atoms with Crippen LogP contribution in [0.3, 0.4) is 0 Å². The van der Waals surface area contributed by atoms with Crippen LogP contribution in [-0.4, -0.2) is 20.1 Å². The molecule has 2 heterocycles. The van der Waals surface area contributed by atoms with Gasteiger partial charge in [-0.05, 0) is 12.5 Å². The smallest absolute Gasteiger partial charge is 0.178 e. The molecule has 0 amide bonds. The number of aromatic nitrogens is 3. The number of halogens is 1. The molecule has 0 saturated heterocycles. The molecule has 0 unspecified atom stereocenters. The van der Waals surface area contributed by atoms with E-state index < -0.39 is 0 Å². The molecule has 0 aliphatic heterocycles. The highest BCUT2D eigenvalue weighted by Gasteiger charge is 2.07. The quantitative estimate of drug-likeness (QED) is 0.727. The summed E-state index contributed by atoms with van der Waals surface area (Å²) >= 11 is 5.87. The number of imidazole rings is 1. The molecule has 0 aromatic carbocycles. The molecular formula is C8H8ClN3O. The largest absolute Gasteiger partial charge is 0.388 e. The van der Waals surface area contributed by atoms with Crippen LogP contribution in [0.5, 0.6) is 0 Å². The van der Waals surface area contributed by atoms with E-state index in [-0.39, 0.29) is 6.61 Å². The van der Waals surface area contributed by atoms with Crippen molar-refractivity contribution in [2.75, 3.05) is 0 Å². The fourth-order valence-corrected chi connectivity index (χ4v) is 1.32. The van der Waals surface area contributed by atoms with Gasteiger partial charge in [-0.1, -0.05) is 11.6 Å². The van der Waals surface area contributed by atoms with E-state index in [1.54, 1.807) is 6.20 Å². The molecule has 0 aliphatic carbocycles. The lowest BCUT2D eigenvalue weighted by atomic mass is 10.3. The summed E-state index contributed by atoms with van der Waals surface area (Å²) in [6.45, 7) is 1.76. The van der Waals surface area contributed by atoms with Gasteiger partial charge in [-0.25, -0.2) is 9.97 Å². The maximum Gasteiger partial charge on any atom is 0.178 e. The average Bonchev–Trinajstić information content (AvgIpc) is 2.55. The Labute approximate surface area is 79.6 Å². The number of aliphatic hydroxyl groups excluding tert-OH is 1. The fraction of sp³-hybridized carbons (Fsp3) is 0.250. The van der Waals surface area contributed by atoms with Crippen LogP contribution in [0.15, 0.2) is 6.20 Å². The molecule has 2 aromatic rings. The van der Waals surface area contributed by atoms with E-state index in [4.69, 9.17) is 16.7 Å². The van der Waals surface area contributed by atoms with Crippen molar-refractivity contribution in [3.63, 3.8) is 0 Å². The van der Waals surface area contributed by atoms with Crippen LogP contribution in [0.1, 0.15) is 11.4 Å². The van der Waals surface area contributed by atoms with E-state index >= 15 is 0 Å². The first-order chi connectivity index (χ1) is 6.22. The van der Waals surface area contributed by atoms with Crippen molar-refractivity contribution in [2.45, 2.75) is 13.5 Å². The highest BCUT2D eigenvalue weighted by Crippen LogP contribution is 2.21. The number of rotatable bonds is 1. The molecule has 5 heteroatoms. The van der Waals surface area contributed by atoms with Crippen LogP contribution in [0.4, 0.5) is 0 Å². The third-order valence-electron chi connectivity index (χ3n) is 1.92. The number of hydrogen-bond donors (Lipinski definition) is 2. The molecule has 0 bridgehead atoms. The zero-order chi connectivity index (χ0) is 9.42. The molecule has 0 saturated carbocycles. The second kappa shape index (κ2) is 2.97. The van der Waals surface area contributed by atoms with Gasteiger partial charge in [0.05, 0.1) is 10.5 Å². The van der Waals surface area contributed by atoms with E-state index in [1.165, 1.54) is 0 Å². The van der Waals surface area contributed by atoms with Crippen LogP contribution in [0, 0.1) is 6.92 Å². The Bertz CT molecular complexity index is 452. The Morgan fingerprint density at radius 2 is 2.38 bits per heavy atom. The molecule has 2 aromatic heterocycles. The lowest BCUT2D eigenvalue weighted by Gasteiger charge is -1.95. The normalized spacial score (nSPS) is 11.0. The number of hydrogen-bond acceptors (Lipinski definition) is 3. The van der Waals surface area contributed by atoms with Gasteiger partial charge in [-0.15, -0.1) is 0 Å². The zero-order valence-electron chi connectivity index (χ0n) is 7.00. The van der Waals surface area contributed by atoms with Crippen molar-refractivity contribution in [2.24, 2.45) is 0 Å². The fourth-order valence-electron chi connectivity index (χ4n) is 1.18. The van der Waals surface area contributed by atoms with Gasteiger partial charge in [0.1, 0.15) is 12.4 Å². The molecule has 0 atom stereocenters. The third-order valence-corrected chi connectivity index (χ3v) is 2.30. The molecule has 0 fully saturated rings. The van der Waals surface area contributed by atoms with Gasteiger partial charge in [0.15, 0.2) is 5.65 Å². The molecule has 68 valence electrons. The lowest BCUT2D eigenvalue weighted by Crippen LogP contribution is -1.83. The van der Waals surface area contributed by atoms with Gasteiger partial charge in [-0.2, -0.15) is 0 Å². The second-order valence-corrected chi connectivity index (χ2v) is 3.18. The number of nitrogens with one attached hydrogen (secondary N) is 1. The van der Waals surface area contributed by atoms with Crippen molar-refractivity contribution >= 4 is 22.8 Å². The molecule has 13 heavy (non-hydrogen) atoms. The number of nitrogens with zero attached hydrogens (tertiary/aromatic N) is 2. The predicted octanol–water partition coefficient (Wildman–Crippen LogP) is 1.41. The number of H-pyrrole nitrogens is 1. The number of aliphatic hydroxyl groups is 1. The topological polar surface area (TPSA) is 61.8 Å². The first kappa shape index (κ1) is 8.47. The summed E-state index contributed by atoms with van der Waals surface area (Å²) in [7, 11) is 0. The SMILES string of the molecule is Cc1c(Cl)cnc2nc(CO)[nH]c12. The van der Waals surface area contributed by atoms with Crippen LogP contribution in [0.2, 0.25) is 5.02 Å². The minimum atomic E-state index is -0.118. The summed E-state index contributed by atoms with van der Waals surface area (Å²) in [5, 5.41) is 9.44. The van der Waals surface area contributed by atoms with Gasteiger partial charge in [0.2, 0.25) is 0 Å². The van der Waals surface area contributed by atoms with Gasteiger partial charge in [0, 0.05) is 6.20 Å². The highest BCUT2D eigenvalue weighted by atomic mass is 35.5. The predicted molar refractivity (Wildman–Crippen MR) is 49.6 cm³/mol. The third kappa shape index (κ3) is 1.28. The second-order valence-electron chi connectivity index (χ2n) is 2.77. The van der Waals surface area contributed by atoms with Crippen LogP contribution < -0.4 is 0 Å². The number of pyridine rings is 1. The minimum absolute atomic E-state index is 0.118. The van der Waals surface area contributed by atoms with E-state index in [0.717, 1.165) is 11.1 Å². The Kier molecular flexibility index (Phi) is 1.94. The van der Waals surface area contributed by atoms with E-state index in [0.29, 0.717) is 16.5 Å². The number of aryl methyl sites for hydroxylation is 1. The average molecular weight is 198 g/mol. The van der Waals surface area contributed by atoms with Gasteiger partial charge < -0.3 is 10.1 Å². The maximum absolute atomic E-state index is 8.84. The van der Waals surface area contributed by atoms with E-state index in [2.05, 4.69) is 15.0 Å². The summed E-state index contributed by atoms with van der Waals surface area (Å²) in [6, 6.07) is 0. The van der Waals surface area contributed by atoms with Crippen molar-refractivity contribution < 1.29 is 5.11 Å². The van der Waals surface area contributed by atoms with E-state index in [1.807, 2.05) is 6.92 Å². The minimum Gasteiger partial charge on any atom is -0.388 e. The Hall–Kier alpha value is -1.13. The summed E-state index contributed by atoms with van der Waals surface area (Å²) in [5.41, 5.74) is 2.28. The summed E-state index contributed by atoms with van der Waals surface area (Å²) < 4.78 is 0. The van der Waals surface area contributed by atoms with Crippen molar-refractivity contribution in [1.29, 1.82) is 0 Å². The molecule has 2 N–H and O–H groups in total. The first-order valence-corrected chi connectivity index (χ1v) is 4.20. The van der Waals surface area contributed by atoms with E-state index in [9.17, 15) is 0 Å². The Balaban J connectivity index is 2.76. The standard InChI is InChI=1S/C8H8ClN3O/c1-4-5(9)2-10-8-7(4)11-6(3-13)12-8/h2,13H,3H2,1H3,(H,10,11,12). The molecule has 0 radical (unpaired) electrons. The summed E-state index contributed by atoms with van der Waals surface area (Å²) in [5.74, 6) is 0.507. The van der Waals surface area contributed by atoms with Gasteiger partial charge in [-0.3, -0.25) is 0 Å². The van der Waals surface area contributed by atoms with Crippen molar-refractivity contribution in [3.05, 3.63) is 22.6 Å². The Morgan fingerprint density at radius 1 is 1.62 bits per heavy atom. The summed E-state index contributed by atoms with van der Waals surface area (Å²) in [6.07, 6.45) is 1.56. The van der Waals surface area contributed by atoms with Crippen LogP contribution >= 0.6 is 11.6 Å². The maximum atomic E-state index is 8.84. The zero-order valence-corrected chi connectivity index (χ0v) is 7.76. The Morgan fingerprint density at radius 3 is 3.08 bits per heavy atom. The van der Waals surface area contributed by atoms with Crippen LogP contribution in [0.25, 0.3) is 11.2 Å². The van der Waals surface area contributed by atoms with Crippen LogP contribution in [-0.2, 0) is 6.61 Å². The molecule has 4 nitrogen and oxygen atoms in total. The van der Waals surface area contributed by atoms with Gasteiger partial charge >= 0.3 is 0 Å². The van der Waals surface area contributed by atoms with Crippen molar-refractivity contribution in [3.8, 4) is 0 Å².